The van der Waals surface area contributed by atoms with Crippen molar-refractivity contribution in [2.75, 3.05) is 5.32 Å². The molecule has 0 saturated heterocycles. The van der Waals surface area contributed by atoms with Gasteiger partial charge in [-0.25, -0.2) is 0 Å². The average molecular weight is 438 g/mol. The molecule has 1 amide bonds. The highest BCUT2D eigenvalue weighted by atomic mass is 35.5. The summed E-state index contributed by atoms with van der Waals surface area (Å²) in [5, 5.41) is 3.91. The molecule has 2 aromatic heterocycles. The van der Waals surface area contributed by atoms with Crippen LogP contribution < -0.4 is 10.1 Å². The van der Waals surface area contributed by atoms with Crippen molar-refractivity contribution in [2.24, 2.45) is 0 Å². The maximum Gasteiger partial charge on any atom is 0.257 e. The number of ether oxygens (including phenoxy) is 1. The van der Waals surface area contributed by atoms with Gasteiger partial charge in [0.2, 0.25) is 0 Å². The van der Waals surface area contributed by atoms with Gasteiger partial charge < -0.3 is 14.6 Å². The summed E-state index contributed by atoms with van der Waals surface area (Å²) >= 11 is 12.2. The van der Waals surface area contributed by atoms with E-state index >= 15 is 0 Å². The minimum atomic E-state index is -0.279. The largest absolute Gasteiger partial charge is 0.486 e. The monoisotopic (exact) mass is 437 g/mol. The third-order valence-corrected chi connectivity index (χ3v) is 4.97. The summed E-state index contributed by atoms with van der Waals surface area (Å²) in [5.74, 6) is 0.151. The molecule has 0 radical (unpaired) electrons. The van der Waals surface area contributed by atoms with E-state index in [0.717, 1.165) is 5.69 Å². The summed E-state index contributed by atoms with van der Waals surface area (Å²) in [5.41, 5.74) is 2.46. The molecule has 150 valence electrons. The lowest BCUT2D eigenvalue weighted by Crippen LogP contribution is -2.17. The predicted molar refractivity (Wildman–Crippen MR) is 119 cm³/mol. The fourth-order valence-corrected chi connectivity index (χ4v) is 3.32. The van der Waals surface area contributed by atoms with Crippen molar-refractivity contribution in [3.63, 3.8) is 0 Å². The van der Waals surface area contributed by atoms with Crippen molar-refractivity contribution in [3.05, 3.63) is 107 Å². The number of para-hydroxylation sites is 2. The predicted octanol–water partition coefficient (Wildman–Crippen LogP) is 6.01. The minimum absolute atomic E-state index is 0.0723. The molecule has 0 bridgehead atoms. The van der Waals surface area contributed by atoms with Crippen LogP contribution in [-0.4, -0.2) is 15.5 Å². The highest BCUT2D eigenvalue weighted by Crippen LogP contribution is 2.28. The third kappa shape index (κ3) is 4.48. The molecule has 4 aromatic rings. The molecule has 0 aliphatic carbocycles. The minimum Gasteiger partial charge on any atom is -0.486 e. The molecule has 1 N–H and O–H groups in total. The number of nitrogens with zero attached hydrogens (tertiary/aromatic N) is 2. The van der Waals surface area contributed by atoms with Gasteiger partial charge in [-0.05, 0) is 48.5 Å². The van der Waals surface area contributed by atoms with Crippen LogP contribution in [0.1, 0.15) is 16.1 Å². The van der Waals surface area contributed by atoms with Crippen molar-refractivity contribution in [1.29, 1.82) is 0 Å². The summed E-state index contributed by atoms with van der Waals surface area (Å²) in [6, 6.07) is 19.8. The number of halogens is 2. The molecular weight excluding hydrogens is 421 g/mol. The molecule has 0 fully saturated rings. The number of rotatable bonds is 6. The first-order valence-corrected chi connectivity index (χ1v) is 9.93. The van der Waals surface area contributed by atoms with Gasteiger partial charge in [0.1, 0.15) is 12.4 Å². The van der Waals surface area contributed by atoms with Gasteiger partial charge in [0, 0.05) is 29.7 Å². The van der Waals surface area contributed by atoms with Crippen LogP contribution in [0, 0.1) is 0 Å². The Labute approximate surface area is 183 Å². The molecule has 2 heterocycles. The fourth-order valence-electron chi connectivity index (χ4n) is 2.98. The standard InChI is InChI=1S/C23H17Cl2N3O2/c24-16-9-10-18(25)22(14-16)30-15-20-17(6-5-11-26-20)23(29)27-19-7-1-2-8-21(19)28-12-3-4-13-28/h1-14H,15H2,(H,27,29). The molecule has 0 aliphatic heterocycles. The summed E-state index contributed by atoms with van der Waals surface area (Å²) in [6.07, 6.45) is 5.45. The van der Waals surface area contributed by atoms with Gasteiger partial charge in [0.25, 0.3) is 5.91 Å². The van der Waals surface area contributed by atoms with Crippen molar-refractivity contribution in [3.8, 4) is 11.4 Å². The van der Waals surface area contributed by atoms with Gasteiger partial charge in [0.15, 0.2) is 0 Å². The number of amides is 1. The van der Waals surface area contributed by atoms with Crippen LogP contribution in [0.4, 0.5) is 5.69 Å². The van der Waals surface area contributed by atoms with Gasteiger partial charge in [-0.1, -0.05) is 35.3 Å². The van der Waals surface area contributed by atoms with E-state index in [4.69, 9.17) is 27.9 Å². The number of benzene rings is 2. The Bertz CT molecular complexity index is 1180. The van der Waals surface area contributed by atoms with Crippen LogP contribution in [0.25, 0.3) is 5.69 Å². The summed E-state index contributed by atoms with van der Waals surface area (Å²) < 4.78 is 7.70. The van der Waals surface area contributed by atoms with E-state index in [1.165, 1.54) is 0 Å². The molecule has 2 aromatic carbocycles. The van der Waals surface area contributed by atoms with Crippen LogP contribution in [0.2, 0.25) is 10.0 Å². The van der Waals surface area contributed by atoms with E-state index in [1.54, 1.807) is 36.5 Å². The van der Waals surface area contributed by atoms with E-state index < -0.39 is 0 Å². The number of carbonyl (C=O) groups excluding carboxylic acids is 1. The highest BCUT2D eigenvalue weighted by molar-refractivity contribution is 6.34. The maximum absolute atomic E-state index is 13.0. The second-order valence-electron chi connectivity index (χ2n) is 6.42. The second-order valence-corrected chi connectivity index (χ2v) is 7.27. The van der Waals surface area contributed by atoms with Crippen molar-refractivity contribution in [2.45, 2.75) is 6.61 Å². The summed E-state index contributed by atoms with van der Waals surface area (Å²) in [7, 11) is 0. The first-order chi connectivity index (χ1) is 14.6. The number of carbonyl (C=O) groups is 1. The van der Waals surface area contributed by atoms with Crippen LogP contribution in [0.15, 0.2) is 85.3 Å². The lowest BCUT2D eigenvalue weighted by Gasteiger charge is -2.14. The van der Waals surface area contributed by atoms with Crippen molar-refractivity contribution >= 4 is 34.8 Å². The van der Waals surface area contributed by atoms with E-state index in [2.05, 4.69) is 10.3 Å². The van der Waals surface area contributed by atoms with Crippen molar-refractivity contribution in [1.82, 2.24) is 9.55 Å². The Morgan fingerprint density at radius 1 is 1.00 bits per heavy atom. The SMILES string of the molecule is O=C(Nc1ccccc1-n1cccc1)c1cccnc1COc1cc(Cl)ccc1Cl. The van der Waals surface area contributed by atoms with Crippen molar-refractivity contribution < 1.29 is 9.53 Å². The molecule has 7 heteroatoms. The van der Waals surface area contributed by atoms with E-state index in [0.29, 0.717) is 32.7 Å². The fraction of sp³-hybridized carbons (Fsp3) is 0.0435. The summed E-state index contributed by atoms with van der Waals surface area (Å²) in [6.45, 7) is 0.0723. The van der Waals surface area contributed by atoms with Crippen LogP contribution in [-0.2, 0) is 6.61 Å². The summed E-state index contributed by atoms with van der Waals surface area (Å²) in [4.78, 5) is 17.3. The zero-order valence-electron chi connectivity index (χ0n) is 15.8. The molecule has 0 atom stereocenters. The first kappa shape index (κ1) is 20.0. The highest BCUT2D eigenvalue weighted by Gasteiger charge is 2.15. The Hall–Kier alpha value is -3.28. The number of pyridine rings is 1. The Morgan fingerprint density at radius 2 is 1.80 bits per heavy atom. The number of hydrogen-bond acceptors (Lipinski definition) is 3. The maximum atomic E-state index is 13.0. The number of nitrogens with one attached hydrogen (secondary N) is 1. The van der Waals surface area contributed by atoms with E-state index in [-0.39, 0.29) is 12.5 Å². The van der Waals surface area contributed by atoms with Gasteiger partial charge >= 0.3 is 0 Å². The normalized spacial score (nSPS) is 10.6. The zero-order valence-corrected chi connectivity index (χ0v) is 17.3. The quantitative estimate of drug-likeness (QED) is 0.401. The van der Waals surface area contributed by atoms with Gasteiger partial charge in [-0.2, -0.15) is 0 Å². The Kier molecular flexibility index (Phi) is 6.02. The van der Waals surface area contributed by atoms with E-state index in [1.807, 2.05) is 53.4 Å². The second kappa shape index (κ2) is 9.03. The smallest absolute Gasteiger partial charge is 0.257 e. The molecule has 0 spiro atoms. The topological polar surface area (TPSA) is 56.2 Å². The van der Waals surface area contributed by atoms with Crippen LogP contribution in [0.5, 0.6) is 5.75 Å². The molecule has 30 heavy (non-hydrogen) atoms. The number of hydrogen-bond donors (Lipinski definition) is 1. The Morgan fingerprint density at radius 3 is 2.63 bits per heavy atom. The lowest BCUT2D eigenvalue weighted by molar-refractivity contribution is 0.102. The zero-order chi connectivity index (χ0) is 20.9. The Balaban J connectivity index is 1.56. The average Bonchev–Trinajstić information content (AvgIpc) is 3.30. The molecule has 0 saturated carbocycles. The van der Waals surface area contributed by atoms with Crippen LogP contribution in [0.3, 0.4) is 0 Å². The number of aromatic nitrogens is 2. The van der Waals surface area contributed by atoms with Gasteiger partial charge in [-0.3, -0.25) is 9.78 Å². The number of anilines is 1. The lowest BCUT2D eigenvalue weighted by atomic mass is 10.1. The van der Waals surface area contributed by atoms with E-state index in [9.17, 15) is 4.79 Å². The molecule has 0 unspecified atom stereocenters. The molecule has 4 rings (SSSR count). The van der Waals surface area contributed by atoms with Crippen LogP contribution >= 0.6 is 23.2 Å². The third-order valence-electron chi connectivity index (χ3n) is 4.43. The molecule has 0 aliphatic rings. The van der Waals surface area contributed by atoms with Gasteiger partial charge in [0.05, 0.1) is 27.7 Å². The molecule has 5 nitrogen and oxygen atoms in total. The van der Waals surface area contributed by atoms with Gasteiger partial charge in [-0.15, -0.1) is 0 Å². The first-order valence-electron chi connectivity index (χ1n) is 9.17. The molecular formula is C23H17Cl2N3O2.